The first kappa shape index (κ1) is 24.0. The number of rotatable bonds is 10. The third kappa shape index (κ3) is 7.54. The molecule has 0 bridgehead atoms. The van der Waals surface area contributed by atoms with Crippen LogP contribution in [0.4, 0.5) is 0 Å². The van der Waals surface area contributed by atoms with Crippen LogP contribution in [-0.4, -0.2) is 29.9 Å². The quantitative estimate of drug-likeness (QED) is 0.290. The normalized spacial score (nSPS) is 13.8. The summed E-state index contributed by atoms with van der Waals surface area (Å²) >= 11 is 12.0. The lowest BCUT2D eigenvalue weighted by Gasteiger charge is -2.19. The van der Waals surface area contributed by atoms with Gasteiger partial charge in [0.2, 0.25) is 0 Å². The molecule has 0 aliphatic rings. The van der Waals surface area contributed by atoms with Gasteiger partial charge < -0.3 is 26.5 Å². The summed E-state index contributed by atoms with van der Waals surface area (Å²) in [5.74, 6) is 0.207. The van der Waals surface area contributed by atoms with Gasteiger partial charge in [0.15, 0.2) is 0 Å². The van der Waals surface area contributed by atoms with Crippen molar-refractivity contribution in [1.29, 1.82) is 5.41 Å². The minimum Gasteiger partial charge on any atom is -0.392 e. The number of hydrogen-bond acceptors (Lipinski definition) is 5. The molecule has 0 aliphatic heterocycles. The molecule has 0 heterocycles. The van der Waals surface area contributed by atoms with Gasteiger partial charge in [0.25, 0.3) is 5.91 Å². The van der Waals surface area contributed by atoms with Crippen molar-refractivity contribution in [2.24, 2.45) is 0 Å². The molecule has 0 radical (unpaired) electrons. The Hall–Kier alpha value is -2.02. The third-order valence-electron chi connectivity index (χ3n) is 4.06. The van der Waals surface area contributed by atoms with Crippen molar-refractivity contribution in [3.8, 4) is 0 Å². The van der Waals surface area contributed by atoms with Gasteiger partial charge in [0.1, 0.15) is 11.5 Å². The van der Waals surface area contributed by atoms with Crippen LogP contribution in [0.3, 0.4) is 0 Å². The topological polar surface area (TPSA) is 97.2 Å². The zero-order chi connectivity index (χ0) is 21.3. The first-order valence-electron chi connectivity index (χ1n) is 9.01. The van der Waals surface area contributed by atoms with Crippen LogP contribution >= 0.6 is 23.2 Å². The number of aliphatic hydroxyl groups excluding tert-OH is 1. The highest BCUT2D eigenvalue weighted by atomic mass is 35.5. The van der Waals surface area contributed by atoms with Gasteiger partial charge in [0, 0.05) is 19.3 Å². The zero-order valence-electron chi connectivity index (χ0n) is 16.6. The first-order valence-corrected chi connectivity index (χ1v) is 9.77. The maximum absolute atomic E-state index is 12.8. The van der Waals surface area contributed by atoms with E-state index in [9.17, 15) is 9.90 Å². The smallest absolute Gasteiger partial charge is 0.273 e. The maximum Gasteiger partial charge on any atom is 0.273 e. The van der Waals surface area contributed by atoms with Crippen LogP contribution in [0.1, 0.15) is 39.7 Å². The van der Waals surface area contributed by atoms with E-state index in [1.165, 1.54) is 0 Å². The molecule has 0 fully saturated rings. The number of benzene rings is 1. The number of nitrogens with one attached hydrogen (secondary N) is 4. The first-order chi connectivity index (χ1) is 13.2. The van der Waals surface area contributed by atoms with Gasteiger partial charge in [-0.15, -0.1) is 0 Å². The van der Waals surface area contributed by atoms with Crippen LogP contribution in [0.2, 0.25) is 10.0 Å². The number of halogens is 2. The summed E-state index contributed by atoms with van der Waals surface area (Å²) in [6.45, 7) is 7.86. The highest BCUT2D eigenvalue weighted by Gasteiger charge is 2.15. The Morgan fingerprint density at radius 1 is 1.25 bits per heavy atom. The Balaban J connectivity index is 2.96. The summed E-state index contributed by atoms with van der Waals surface area (Å²) in [5.41, 5.74) is 2.60. The van der Waals surface area contributed by atoms with Crippen LogP contribution in [0, 0.1) is 5.41 Å². The van der Waals surface area contributed by atoms with Crippen molar-refractivity contribution >= 4 is 35.3 Å². The largest absolute Gasteiger partial charge is 0.392 e. The number of aliphatic hydroxyl groups is 1. The summed E-state index contributed by atoms with van der Waals surface area (Å²) in [6.07, 6.45) is 1.22. The van der Waals surface area contributed by atoms with Crippen molar-refractivity contribution in [1.82, 2.24) is 16.0 Å². The molecule has 1 rings (SSSR count). The van der Waals surface area contributed by atoms with Gasteiger partial charge >= 0.3 is 0 Å². The Morgan fingerprint density at radius 2 is 1.93 bits per heavy atom. The average Bonchev–Trinajstić information content (AvgIpc) is 2.66. The molecule has 0 aliphatic carbocycles. The van der Waals surface area contributed by atoms with Crippen LogP contribution in [0.15, 0.2) is 40.9 Å². The summed E-state index contributed by atoms with van der Waals surface area (Å²) in [5, 5.41) is 26.9. The number of allylic oxidation sites excluding steroid dienone is 2. The van der Waals surface area contributed by atoms with Crippen LogP contribution in [-0.2, 0) is 11.3 Å². The second kappa shape index (κ2) is 11.7. The molecule has 1 aromatic carbocycles. The predicted octanol–water partition coefficient (Wildman–Crippen LogP) is 3.73. The number of amides is 1. The molecule has 1 aromatic rings. The standard InChI is InChI=1S/C20H28Cl2N4O2/c1-5-12(2)19(25-11-15-6-7-16(21)17(22)8-15)26-20(28)18(13(3)9-23)24-10-14(4)27/h6-9,14,23-25,27H,5,10-11H2,1-4H3,(H,26,28)/b18-13-,19-12-,23-9?. The van der Waals surface area contributed by atoms with E-state index in [4.69, 9.17) is 28.6 Å². The van der Waals surface area contributed by atoms with Gasteiger partial charge in [0.05, 0.1) is 16.1 Å². The highest BCUT2D eigenvalue weighted by Crippen LogP contribution is 2.22. The van der Waals surface area contributed by atoms with Crippen molar-refractivity contribution in [3.63, 3.8) is 0 Å². The van der Waals surface area contributed by atoms with E-state index in [1.807, 2.05) is 19.9 Å². The Labute approximate surface area is 176 Å². The van der Waals surface area contributed by atoms with E-state index in [-0.39, 0.29) is 18.1 Å². The molecule has 28 heavy (non-hydrogen) atoms. The monoisotopic (exact) mass is 426 g/mol. The van der Waals surface area contributed by atoms with Gasteiger partial charge in [-0.05, 0) is 56.0 Å². The fourth-order valence-corrected chi connectivity index (χ4v) is 2.54. The summed E-state index contributed by atoms with van der Waals surface area (Å²) < 4.78 is 0. The Kier molecular flexibility index (Phi) is 10.1. The van der Waals surface area contributed by atoms with Crippen molar-refractivity contribution in [3.05, 3.63) is 56.5 Å². The molecule has 154 valence electrons. The fourth-order valence-electron chi connectivity index (χ4n) is 2.22. The average molecular weight is 427 g/mol. The van der Waals surface area contributed by atoms with Crippen molar-refractivity contribution < 1.29 is 9.90 Å². The second-order valence-corrected chi connectivity index (χ2v) is 7.31. The van der Waals surface area contributed by atoms with Gasteiger partial charge in [-0.25, -0.2) is 0 Å². The molecule has 6 nitrogen and oxygen atoms in total. The van der Waals surface area contributed by atoms with E-state index < -0.39 is 6.10 Å². The lowest BCUT2D eigenvalue weighted by atomic mass is 10.2. The molecular weight excluding hydrogens is 399 g/mol. The van der Waals surface area contributed by atoms with E-state index in [0.29, 0.717) is 28.0 Å². The molecule has 1 atom stereocenters. The maximum atomic E-state index is 12.8. The van der Waals surface area contributed by atoms with E-state index >= 15 is 0 Å². The lowest BCUT2D eigenvalue weighted by Crippen LogP contribution is -2.39. The highest BCUT2D eigenvalue weighted by molar-refractivity contribution is 6.42. The number of hydrogen-bond donors (Lipinski definition) is 5. The van der Waals surface area contributed by atoms with Gasteiger partial charge in [-0.1, -0.05) is 36.2 Å². The molecule has 5 N–H and O–H groups in total. The SMILES string of the molecule is CC/C(C)=C(/NCc1ccc(Cl)c(Cl)c1)NC(=O)/C(NCC(C)O)=C(\C)C=N. The third-order valence-corrected chi connectivity index (χ3v) is 4.80. The molecule has 8 heteroatoms. The Bertz CT molecular complexity index is 773. The Morgan fingerprint density at radius 3 is 2.46 bits per heavy atom. The molecule has 1 amide bonds. The number of carbonyl (C=O) groups excluding carboxylic acids is 1. The van der Waals surface area contributed by atoms with Crippen LogP contribution in [0.25, 0.3) is 0 Å². The number of carbonyl (C=O) groups is 1. The molecule has 1 unspecified atom stereocenters. The van der Waals surface area contributed by atoms with E-state index in [0.717, 1.165) is 23.8 Å². The van der Waals surface area contributed by atoms with E-state index in [1.54, 1.807) is 26.0 Å². The molecule has 0 saturated carbocycles. The summed E-state index contributed by atoms with van der Waals surface area (Å²) in [4.78, 5) is 12.8. The molecule has 0 aromatic heterocycles. The molecule has 0 spiro atoms. The van der Waals surface area contributed by atoms with E-state index in [2.05, 4.69) is 16.0 Å². The van der Waals surface area contributed by atoms with Crippen LogP contribution in [0.5, 0.6) is 0 Å². The lowest BCUT2D eigenvalue weighted by molar-refractivity contribution is -0.117. The molecular formula is C20H28Cl2N4O2. The van der Waals surface area contributed by atoms with Gasteiger partial charge in [-0.2, -0.15) is 0 Å². The summed E-state index contributed by atoms with van der Waals surface area (Å²) in [7, 11) is 0. The summed E-state index contributed by atoms with van der Waals surface area (Å²) in [6, 6.07) is 5.35. The van der Waals surface area contributed by atoms with Crippen LogP contribution < -0.4 is 16.0 Å². The van der Waals surface area contributed by atoms with Gasteiger partial charge in [-0.3, -0.25) is 4.79 Å². The second-order valence-electron chi connectivity index (χ2n) is 6.50. The minimum atomic E-state index is -0.624. The predicted molar refractivity (Wildman–Crippen MR) is 116 cm³/mol. The van der Waals surface area contributed by atoms with Crippen molar-refractivity contribution in [2.75, 3.05) is 6.54 Å². The van der Waals surface area contributed by atoms with Crippen molar-refractivity contribution in [2.45, 2.75) is 46.8 Å². The zero-order valence-corrected chi connectivity index (χ0v) is 18.1. The molecule has 0 saturated heterocycles. The fraction of sp³-hybridized carbons (Fsp3) is 0.400. The minimum absolute atomic E-state index is 0.205.